The third-order valence-corrected chi connectivity index (χ3v) is 4.33. The molecule has 0 radical (unpaired) electrons. The molecule has 1 aliphatic heterocycles. The van der Waals surface area contributed by atoms with Crippen LogP contribution in [-0.2, 0) is 22.7 Å². The minimum absolute atomic E-state index is 0.181. The van der Waals surface area contributed by atoms with Crippen molar-refractivity contribution in [1.82, 2.24) is 10.1 Å². The van der Waals surface area contributed by atoms with Crippen LogP contribution in [0.4, 0.5) is 0 Å². The van der Waals surface area contributed by atoms with Gasteiger partial charge in [-0.15, -0.1) is 0 Å². The van der Waals surface area contributed by atoms with Gasteiger partial charge in [-0.05, 0) is 38.4 Å². The summed E-state index contributed by atoms with van der Waals surface area (Å²) in [4.78, 5) is 13.3. The average Bonchev–Trinajstić information content (AvgIpc) is 3.10. The van der Waals surface area contributed by atoms with Crippen LogP contribution < -0.4 is 0 Å². The van der Waals surface area contributed by atoms with Crippen LogP contribution in [0.5, 0.6) is 0 Å². The summed E-state index contributed by atoms with van der Waals surface area (Å²) in [6.45, 7) is 5.24. The lowest BCUT2D eigenvalue weighted by Crippen LogP contribution is -2.27. The van der Waals surface area contributed by atoms with Gasteiger partial charge in [0.25, 0.3) is 0 Å². The number of aryl methyl sites for hydroxylation is 1. The Kier molecular flexibility index (Phi) is 5.35. The Morgan fingerprint density at radius 1 is 1.33 bits per heavy atom. The highest BCUT2D eigenvalue weighted by Gasteiger charge is 2.26. The fourth-order valence-corrected chi connectivity index (χ4v) is 3.18. The second kappa shape index (κ2) is 7.66. The number of ether oxygens (including phenoxy) is 1. The molecular formula is C18H24N2O4. The van der Waals surface area contributed by atoms with E-state index in [1.54, 1.807) is 0 Å². The van der Waals surface area contributed by atoms with Crippen LogP contribution in [0.25, 0.3) is 0 Å². The highest BCUT2D eigenvalue weighted by molar-refractivity contribution is 5.65. The molecule has 0 aromatic carbocycles. The highest BCUT2D eigenvalue weighted by atomic mass is 16.5. The summed E-state index contributed by atoms with van der Waals surface area (Å²) in [5.41, 5.74) is 0.913. The van der Waals surface area contributed by atoms with Crippen molar-refractivity contribution >= 4 is 5.97 Å². The van der Waals surface area contributed by atoms with E-state index < -0.39 is 0 Å². The molecule has 0 unspecified atom stereocenters. The standard InChI is InChI=1S/C18H24N2O4/c1-13-10-18(24-19-13)17-6-4-3-5-9-20(17)11-15-7-8-16(23-15)12-22-14(2)21/h7-8,10,17H,3-6,9,11-12H2,1-2H3/t17-/m1/s1. The zero-order valence-electron chi connectivity index (χ0n) is 14.3. The minimum Gasteiger partial charge on any atom is -0.461 e. The van der Waals surface area contributed by atoms with Crippen LogP contribution in [-0.4, -0.2) is 22.6 Å². The number of aromatic nitrogens is 1. The molecule has 0 bridgehead atoms. The molecule has 0 N–H and O–H groups in total. The molecular weight excluding hydrogens is 308 g/mol. The quantitative estimate of drug-likeness (QED) is 0.777. The first kappa shape index (κ1) is 16.8. The van der Waals surface area contributed by atoms with E-state index in [9.17, 15) is 4.79 Å². The maximum atomic E-state index is 10.9. The minimum atomic E-state index is -0.304. The van der Waals surface area contributed by atoms with Crippen molar-refractivity contribution < 1.29 is 18.5 Å². The topological polar surface area (TPSA) is 68.7 Å². The monoisotopic (exact) mass is 332 g/mol. The van der Waals surface area contributed by atoms with E-state index in [1.807, 2.05) is 25.1 Å². The van der Waals surface area contributed by atoms with Crippen molar-refractivity contribution in [2.45, 2.75) is 58.7 Å². The number of nitrogens with zero attached hydrogens (tertiary/aromatic N) is 2. The van der Waals surface area contributed by atoms with Crippen LogP contribution in [0.3, 0.4) is 0 Å². The van der Waals surface area contributed by atoms with Crippen LogP contribution in [0.1, 0.15) is 61.6 Å². The van der Waals surface area contributed by atoms with Crippen LogP contribution in [0, 0.1) is 6.92 Å². The maximum absolute atomic E-state index is 10.9. The van der Waals surface area contributed by atoms with E-state index in [1.165, 1.54) is 26.2 Å². The predicted octanol–water partition coefficient (Wildman–Crippen LogP) is 3.76. The predicted molar refractivity (Wildman–Crippen MR) is 87.0 cm³/mol. The van der Waals surface area contributed by atoms with Gasteiger partial charge in [-0.25, -0.2) is 0 Å². The second-order valence-corrected chi connectivity index (χ2v) is 6.35. The first-order valence-corrected chi connectivity index (χ1v) is 8.50. The second-order valence-electron chi connectivity index (χ2n) is 6.35. The van der Waals surface area contributed by atoms with Crippen molar-refractivity contribution in [3.8, 4) is 0 Å². The molecule has 1 aliphatic rings. The van der Waals surface area contributed by atoms with E-state index >= 15 is 0 Å². The van der Waals surface area contributed by atoms with Crippen molar-refractivity contribution in [2.24, 2.45) is 0 Å². The number of carbonyl (C=O) groups is 1. The molecule has 1 fully saturated rings. The molecule has 6 nitrogen and oxygen atoms in total. The number of hydrogen-bond donors (Lipinski definition) is 0. The van der Waals surface area contributed by atoms with Gasteiger partial charge in [0.2, 0.25) is 0 Å². The Morgan fingerprint density at radius 2 is 2.17 bits per heavy atom. The van der Waals surface area contributed by atoms with Crippen molar-refractivity contribution in [1.29, 1.82) is 0 Å². The lowest BCUT2D eigenvalue weighted by Gasteiger charge is -2.26. The summed E-state index contributed by atoms with van der Waals surface area (Å²) >= 11 is 0. The van der Waals surface area contributed by atoms with E-state index in [4.69, 9.17) is 13.7 Å². The summed E-state index contributed by atoms with van der Waals surface area (Å²) in [5, 5.41) is 4.04. The Bertz CT molecular complexity index is 676. The zero-order valence-corrected chi connectivity index (χ0v) is 14.3. The Morgan fingerprint density at radius 3 is 2.92 bits per heavy atom. The summed E-state index contributed by atoms with van der Waals surface area (Å²) in [6.07, 6.45) is 4.66. The van der Waals surface area contributed by atoms with Gasteiger partial charge in [-0.2, -0.15) is 0 Å². The lowest BCUT2D eigenvalue weighted by molar-refractivity contribution is -0.142. The molecule has 0 aliphatic carbocycles. The van der Waals surface area contributed by atoms with E-state index in [2.05, 4.69) is 10.1 Å². The number of esters is 1. The largest absolute Gasteiger partial charge is 0.461 e. The Hall–Kier alpha value is -2.08. The van der Waals surface area contributed by atoms with Crippen molar-refractivity contribution in [3.63, 3.8) is 0 Å². The Balaban J connectivity index is 1.69. The molecule has 3 heterocycles. The third kappa shape index (κ3) is 4.26. The zero-order chi connectivity index (χ0) is 16.9. The molecule has 0 spiro atoms. The van der Waals surface area contributed by atoms with Crippen LogP contribution >= 0.6 is 0 Å². The summed E-state index contributed by atoms with van der Waals surface area (Å²) in [5.74, 6) is 2.17. The average molecular weight is 332 g/mol. The molecule has 1 atom stereocenters. The van der Waals surface area contributed by atoms with Gasteiger partial charge in [-0.3, -0.25) is 9.69 Å². The number of furan rings is 1. The third-order valence-electron chi connectivity index (χ3n) is 4.33. The van der Waals surface area contributed by atoms with Gasteiger partial charge in [0.15, 0.2) is 5.76 Å². The molecule has 6 heteroatoms. The SMILES string of the molecule is CC(=O)OCc1ccc(CN2CCCCC[C@@H]2c2cc(C)no2)o1. The lowest BCUT2D eigenvalue weighted by atomic mass is 10.1. The normalized spacial score (nSPS) is 19.2. The number of likely N-dealkylation sites (tertiary alicyclic amines) is 1. The fraction of sp³-hybridized carbons (Fsp3) is 0.556. The highest BCUT2D eigenvalue weighted by Crippen LogP contribution is 2.32. The molecule has 1 saturated heterocycles. The Labute approximate surface area is 141 Å². The molecule has 2 aromatic heterocycles. The van der Waals surface area contributed by atoms with Gasteiger partial charge in [0.05, 0.1) is 18.3 Å². The van der Waals surface area contributed by atoms with Crippen LogP contribution in [0.15, 0.2) is 27.1 Å². The van der Waals surface area contributed by atoms with Crippen LogP contribution in [0.2, 0.25) is 0 Å². The van der Waals surface area contributed by atoms with Gasteiger partial charge in [0, 0.05) is 13.0 Å². The number of carbonyl (C=O) groups excluding carboxylic acids is 1. The van der Waals surface area contributed by atoms with Gasteiger partial charge in [0.1, 0.15) is 18.1 Å². The molecule has 0 amide bonds. The summed E-state index contributed by atoms with van der Waals surface area (Å²) < 4.78 is 16.3. The van der Waals surface area contributed by atoms with Gasteiger partial charge >= 0.3 is 5.97 Å². The first-order chi connectivity index (χ1) is 11.6. The smallest absolute Gasteiger partial charge is 0.303 e. The number of hydrogen-bond acceptors (Lipinski definition) is 6. The molecule has 3 rings (SSSR count). The van der Waals surface area contributed by atoms with E-state index in [-0.39, 0.29) is 18.6 Å². The van der Waals surface area contributed by atoms with Gasteiger partial charge < -0.3 is 13.7 Å². The van der Waals surface area contributed by atoms with Crippen molar-refractivity contribution in [2.75, 3.05) is 6.54 Å². The van der Waals surface area contributed by atoms with E-state index in [0.717, 1.165) is 30.2 Å². The molecule has 2 aromatic rings. The fourth-order valence-electron chi connectivity index (χ4n) is 3.18. The summed E-state index contributed by atoms with van der Waals surface area (Å²) in [7, 11) is 0. The van der Waals surface area contributed by atoms with E-state index in [0.29, 0.717) is 12.3 Å². The molecule has 24 heavy (non-hydrogen) atoms. The molecule has 0 saturated carbocycles. The van der Waals surface area contributed by atoms with Gasteiger partial charge in [-0.1, -0.05) is 18.0 Å². The van der Waals surface area contributed by atoms with Crippen molar-refractivity contribution in [3.05, 3.63) is 41.2 Å². The maximum Gasteiger partial charge on any atom is 0.303 e. The number of rotatable bonds is 5. The molecule has 130 valence electrons. The summed E-state index contributed by atoms with van der Waals surface area (Å²) in [6, 6.07) is 6.07. The first-order valence-electron chi connectivity index (χ1n) is 8.50.